The van der Waals surface area contributed by atoms with Gasteiger partial charge in [-0.2, -0.15) is 18.2 Å². The van der Waals surface area contributed by atoms with Crippen molar-refractivity contribution in [2.24, 2.45) is 0 Å². The van der Waals surface area contributed by atoms with E-state index in [1.54, 1.807) is 6.92 Å². The van der Waals surface area contributed by atoms with Crippen LogP contribution >= 0.6 is 0 Å². The van der Waals surface area contributed by atoms with Gasteiger partial charge in [-0.05, 0) is 48.7 Å². The molecule has 0 heterocycles. The standard InChI is InChI=1S/C26H32F3NO/c1-3-4-5-6-7-8-9-10-11-22-12-14-23(15-13-22)20-30(31)21(2)24-16-18-25(19-17-24)26(27,28)29/h12-19,21,31H,3-9,20H2,1-2H3. The SMILES string of the molecule is CCCCCCCCC#Cc1ccc(CN(O)C(C)c2ccc(C(F)(F)F)cc2)cc1. The average Bonchev–Trinajstić information content (AvgIpc) is 2.75. The van der Waals surface area contributed by atoms with Crippen LogP contribution in [0.3, 0.4) is 0 Å². The van der Waals surface area contributed by atoms with E-state index in [0.29, 0.717) is 5.56 Å². The number of hydrogen-bond acceptors (Lipinski definition) is 2. The summed E-state index contributed by atoms with van der Waals surface area (Å²) in [7, 11) is 0. The van der Waals surface area contributed by atoms with Crippen LogP contribution in [0.4, 0.5) is 13.2 Å². The fraction of sp³-hybridized carbons (Fsp3) is 0.462. The first-order valence-electron chi connectivity index (χ1n) is 11.0. The number of hydrogen-bond donors (Lipinski definition) is 1. The summed E-state index contributed by atoms with van der Waals surface area (Å²) in [5.41, 5.74) is 1.77. The fourth-order valence-corrected chi connectivity index (χ4v) is 3.30. The van der Waals surface area contributed by atoms with Gasteiger partial charge < -0.3 is 5.21 Å². The van der Waals surface area contributed by atoms with E-state index >= 15 is 0 Å². The molecule has 0 aromatic heterocycles. The number of benzene rings is 2. The van der Waals surface area contributed by atoms with E-state index in [1.807, 2.05) is 24.3 Å². The van der Waals surface area contributed by atoms with Crippen LogP contribution in [0.2, 0.25) is 0 Å². The Bertz CT molecular complexity index is 832. The highest BCUT2D eigenvalue weighted by Gasteiger charge is 2.30. The molecule has 168 valence electrons. The minimum Gasteiger partial charge on any atom is -0.313 e. The van der Waals surface area contributed by atoms with E-state index in [2.05, 4.69) is 18.8 Å². The molecule has 0 saturated carbocycles. The van der Waals surface area contributed by atoms with Crippen LogP contribution in [0, 0.1) is 11.8 Å². The molecular formula is C26H32F3NO. The van der Waals surface area contributed by atoms with E-state index in [4.69, 9.17) is 0 Å². The topological polar surface area (TPSA) is 23.5 Å². The maximum absolute atomic E-state index is 12.7. The molecule has 0 fully saturated rings. The number of unbranched alkanes of at least 4 members (excludes halogenated alkanes) is 6. The highest BCUT2D eigenvalue weighted by Crippen LogP contribution is 2.30. The van der Waals surface area contributed by atoms with Gasteiger partial charge in [0.15, 0.2) is 0 Å². The van der Waals surface area contributed by atoms with Crippen molar-refractivity contribution < 1.29 is 18.4 Å². The Morgan fingerprint density at radius 3 is 2.13 bits per heavy atom. The molecule has 0 aliphatic rings. The summed E-state index contributed by atoms with van der Waals surface area (Å²) >= 11 is 0. The van der Waals surface area contributed by atoms with Gasteiger partial charge in [-0.1, -0.05) is 75.1 Å². The largest absolute Gasteiger partial charge is 0.416 e. The predicted molar refractivity (Wildman–Crippen MR) is 119 cm³/mol. The molecule has 0 spiro atoms. The van der Waals surface area contributed by atoms with Gasteiger partial charge in [-0.15, -0.1) is 0 Å². The molecule has 0 amide bonds. The molecule has 0 aliphatic heterocycles. The smallest absolute Gasteiger partial charge is 0.313 e. The summed E-state index contributed by atoms with van der Waals surface area (Å²) in [5.74, 6) is 6.39. The van der Waals surface area contributed by atoms with Crippen molar-refractivity contribution in [2.45, 2.75) is 77.6 Å². The van der Waals surface area contributed by atoms with E-state index in [-0.39, 0.29) is 6.54 Å². The summed E-state index contributed by atoms with van der Waals surface area (Å²) in [5, 5.41) is 11.5. The molecule has 5 heteroatoms. The van der Waals surface area contributed by atoms with Crippen molar-refractivity contribution in [3.63, 3.8) is 0 Å². The van der Waals surface area contributed by atoms with E-state index in [0.717, 1.165) is 41.2 Å². The van der Waals surface area contributed by atoms with Crippen LogP contribution < -0.4 is 0 Å². The first kappa shape index (κ1) is 25.0. The van der Waals surface area contributed by atoms with E-state index < -0.39 is 17.8 Å². The summed E-state index contributed by atoms with van der Waals surface area (Å²) in [6.45, 7) is 4.24. The van der Waals surface area contributed by atoms with Crippen molar-refractivity contribution in [1.82, 2.24) is 5.06 Å². The monoisotopic (exact) mass is 431 g/mol. The molecule has 2 nitrogen and oxygen atoms in total. The van der Waals surface area contributed by atoms with Gasteiger partial charge in [0.2, 0.25) is 0 Å². The van der Waals surface area contributed by atoms with Gasteiger partial charge in [-0.3, -0.25) is 0 Å². The zero-order valence-corrected chi connectivity index (χ0v) is 18.4. The zero-order chi connectivity index (χ0) is 22.7. The van der Waals surface area contributed by atoms with Crippen molar-refractivity contribution in [2.75, 3.05) is 0 Å². The van der Waals surface area contributed by atoms with Gasteiger partial charge in [-0.25, -0.2) is 0 Å². The Hall–Kier alpha value is -2.29. The Morgan fingerprint density at radius 2 is 1.52 bits per heavy atom. The van der Waals surface area contributed by atoms with Crippen molar-refractivity contribution >= 4 is 0 Å². The molecule has 0 bridgehead atoms. The lowest BCUT2D eigenvalue weighted by Gasteiger charge is -2.23. The lowest BCUT2D eigenvalue weighted by molar-refractivity contribution is -0.137. The predicted octanol–water partition coefficient (Wildman–Crippen LogP) is 7.76. The third kappa shape index (κ3) is 8.77. The Balaban J connectivity index is 1.82. The number of halogens is 3. The molecule has 0 radical (unpaired) electrons. The van der Waals surface area contributed by atoms with Gasteiger partial charge in [0.25, 0.3) is 0 Å². The van der Waals surface area contributed by atoms with Crippen LogP contribution in [0.15, 0.2) is 48.5 Å². The van der Waals surface area contributed by atoms with Crippen LogP contribution in [0.5, 0.6) is 0 Å². The summed E-state index contributed by atoms with van der Waals surface area (Å²) in [4.78, 5) is 0. The van der Waals surface area contributed by atoms with Crippen molar-refractivity contribution in [3.8, 4) is 11.8 Å². The highest BCUT2D eigenvalue weighted by atomic mass is 19.4. The first-order valence-corrected chi connectivity index (χ1v) is 11.0. The Kier molecular flexibility index (Phi) is 10.1. The fourth-order valence-electron chi connectivity index (χ4n) is 3.30. The number of nitrogens with zero attached hydrogens (tertiary/aromatic N) is 1. The Labute approximate surface area is 184 Å². The second-order valence-electron chi connectivity index (χ2n) is 7.91. The number of hydroxylamine groups is 2. The quantitative estimate of drug-likeness (QED) is 0.236. The van der Waals surface area contributed by atoms with Crippen molar-refractivity contribution in [1.29, 1.82) is 0 Å². The maximum Gasteiger partial charge on any atom is 0.416 e. The molecular weight excluding hydrogens is 399 g/mol. The first-order chi connectivity index (χ1) is 14.8. The molecule has 0 saturated heterocycles. The van der Waals surface area contributed by atoms with Gasteiger partial charge in [0.1, 0.15) is 0 Å². The number of rotatable bonds is 10. The molecule has 1 N–H and O–H groups in total. The molecule has 1 unspecified atom stereocenters. The minimum atomic E-state index is -4.36. The molecule has 0 aliphatic carbocycles. The van der Waals surface area contributed by atoms with Gasteiger partial charge >= 0.3 is 6.18 Å². The lowest BCUT2D eigenvalue weighted by Crippen LogP contribution is -2.22. The molecule has 31 heavy (non-hydrogen) atoms. The van der Waals surface area contributed by atoms with Crippen LogP contribution in [0.25, 0.3) is 0 Å². The molecule has 2 aromatic rings. The second kappa shape index (κ2) is 12.5. The summed E-state index contributed by atoms with van der Waals surface area (Å²) in [6, 6.07) is 12.1. The lowest BCUT2D eigenvalue weighted by atomic mass is 10.0. The van der Waals surface area contributed by atoms with E-state index in [9.17, 15) is 18.4 Å². The average molecular weight is 432 g/mol. The summed E-state index contributed by atoms with van der Waals surface area (Å²) in [6.07, 6.45) is 4.08. The van der Waals surface area contributed by atoms with Gasteiger partial charge in [0, 0.05) is 18.5 Å². The summed E-state index contributed by atoms with van der Waals surface area (Å²) < 4.78 is 38.1. The molecule has 2 aromatic carbocycles. The second-order valence-corrected chi connectivity index (χ2v) is 7.91. The third-order valence-corrected chi connectivity index (χ3v) is 5.35. The maximum atomic E-state index is 12.7. The van der Waals surface area contributed by atoms with Crippen LogP contribution in [0.1, 0.15) is 87.1 Å². The van der Waals surface area contributed by atoms with Gasteiger partial charge in [0.05, 0.1) is 11.6 Å². The van der Waals surface area contributed by atoms with Crippen molar-refractivity contribution in [3.05, 3.63) is 70.8 Å². The molecule has 1 atom stereocenters. The van der Waals surface area contributed by atoms with E-state index in [1.165, 1.54) is 44.2 Å². The number of alkyl halides is 3. The highest BCUT2D eigenvalue weighted by molar-refractivity contribution is 5.36. The third-order valence-electron chi connectivity index (χ3n) is 5.35. The normalized spacial score (nSPS) is 12.5. The molecule has 2 rings (SSSR count). The minimum absolute atomic E-state index is 0.271. The van der Waals surface area contributed by atoms with Crippen LogP contribution in [-0.4, -0.2) is 10.3 Å². The zero-order valence-electron chi connectivity index (χ0n) is 18.4. The van der Waals surface area contributed by atoms with Crippen LogP contribution in [-0.2, 0) is 12.7 Å². The Morgan fingerprint density at radius 1 is 0.903 bits per heavy atom.